The lowest BCUT2D eigenvalue weighted by Gasteiger charge is -2.30. The van der Waals surface area contributed by atoms with Gasteiger partial charge in [-0.3, -0.25) is 19.7 Å². The van der Waals surface area contributed by atoms with Crippen LogP contribution in [0.5, 0.6) is 0 Å². The Hall–Kier alpha value is -2.53. The van der Waals surface area contributed by atoms with Gasteiger partial charge in [-0.2, -0.15) is 0 Å². The smallest absolute Gasteiger partial charge is 0.313 e. The first-order chi connectivity index (χ1) is 12.2. The molecule has 2 rings (SSSR count). The Labute approximate surface area is 150 Å². The molecule has 142 valence electrons. The summed E-state index contributed by atoms with van der Waals surface area (Å²) >= 11 is 0. The molecule has 1 heterocycles. The molecule has 0 spiro atoms. The second kappa shape index (κ2) is 8.23. The Kier molecular flexibility index (Phi) is 6.27. The predicted octanol–water partition coefficient (Wildman–Crippen LogP) is 0.321. The summed E-state index contributed by atoms with van der Waals surface area (Å²) in [5.74, 6) is -1.82. The average molecular weight is 384 g/mol. The lowest BCUT2D eigenvalue weighted by Crippen LogP contribution is -2.43. The molecule has 1 saturated heterocycles. The maximum Gasteiger partial charge on any atom is 0.313 e. The average Bonchev–Trinajstić information content (AvgIpc) is 2.59. The van der Waals surface area contributed by atoms with E-state index in [2.05, 4.69) is 10.6 Å². The fourth-order valence-corrected chi connectivity index (χ4v) is 3.55. The number of hydrogen-bond donors (Lipinski definition) is 2. The van der Waals surface area contributed by atoms with Gasteiger partial charge in [0.25, 0.3) is 5.69 Å². The van der Waals surface area contributed by atoms with Crippen molar-refractivity contribution in [3.63, 3.8) is 0 Å². The van der Waals surface area contributed by atoms with Gasteiger partial charge in [-0.25, -0.2) is 12.7 Å². The number of piperidine rings is 1. The van der Waals surface area contributed by atoms with E-state index in [0.29, 0.717) is 25.9 Å². The van der Waals surface area contributed by atoms with Gasteiger partial charge in [0.15, 0.2) is 0 Å². The minimum Gasteiger partial charge on any atom is -0.348 e. The zero-order valence-corrected chi connectivity index (χ0v) is 15.0. The second-order valence-electron chi connectivity index (χ2n) is 6.04. The van der Waals surface area contributed by atoms with Crippen molar-refractivity contribution >= 4 is 33.2 Å². The summed E-state index contributed by atoms with van der Waals surface area (Å²) in [5.41, 5.74) is -0.360. The molecule has 0 saturated carbocycles. The van der Waals surface area contributed by atoms with Gasteiger partial charge in [0.1, 0.15) is 5.69 Å². The van der Waals surface area contributed by atoms with E-state index in [0.717, 1.165) is 6.26 Å². The molecule has 11 heteroatoms. The Morgan fingerprint density at radius 1 is 1.23 bits per heavy atom. The minimum atomic E-state index is -3.21. The highest BCUT2D eigenvalue weighted by Gasteiger charge is 2.26. The van der Waals surface area contributed by atoms with Crippen molar-refractivity contribution in [2.75, 3.05) is 31.2 Å². The quantitative estimate of drug-likeness (QED) is 0.426. The fraction of sp³-hybridized carbons (Fsp3) is 0.467. The Balaban J connectivity index is 1.84. The third-order valence-corrected chi connectivity index (χ3v) is 5.45. The summed E-state index contributed by atoms with van der Waals surface area (Å²) in [6.45, 7) is 0.990. The number of amides is 2. The van der Waals surface area contributed by atoms with Crippen molar-refractivity contribution in [1.82, 2.24) is 9.62 Å². The Bertz CT molecular complexity index is 802. The van der Waals surface area contributed by atoms with Crippen LogP contribution in [0.25, 0.3) is 0 Å². The van der Waals surface area contributed by atoms with Crippen molar-refractivity contribution in [3.05, 3.63) is 34.4 Å². The van der Waals surface area contributed by atoms with Crippen LogP contribution < -0.4 is 10.6 Å². The van der Waals surface area contributed by atoms with Crippen LogP contribution >= 0.6 is 0 Å². The molecule has 0 aliphatic carbocycles. The van der Waals surface area contributed by atoms with Crippen LogP contribution in [0.4, 0.5) is 11.4 Å². The molecule has 0 unspecified atom stereocenters. The number of nitro groups is 1. The SMILES string of the molecule is CS(=O)(=O)N1CCC(CNC(=O)C(=O)Nc2ccccc2[N+](=O)[O-])CC1. The number of hydrogen-bond acceptors (Lipinski definition) is 6. The van der Waals surface area contributed by atoms with Crippen LogP contribution in [0.1, 0.15) is 12.8 Å². The van der Waals surface area contributed by atoms with Gasteiger partial charge >= 0.3 is 11.8 Å². The van der Waals surface area contributed by atoms with E-state index < -0.39 is 26.8 Å². The van der Waals surface area contributed by atoms with Gasteiger partial charge in [-0.15, -0.1) is 0 Å². The summed E-state index contributed by atoms with van der Waals surface area (Å²) in [6.07, 6.45) is 2.32. The normalized spacial score (nSPS) is 16.0. The van der Waals surface area contributed by atoms with Crippen LogP contribution in [0.2, 0.25) is 0 Å². The zero-order chi connectivity index (χ0) is 19.3. The molecule has 0 atom stereocenters. The van der Waals surface area contributed by atoms with Crippen molar-refractivity contribution in [3.8, 4) is 0 Å². The van der Waals surface area contributed by atoms with Gasteiger partial charge in [-0.1, -0.05) is 12.1 Å². The number of para-hydroxylation sites is 2. The molecule has 2 N–H and O–H groups in total. The highest BCUT2D eigenvalue weighted by Crippen LogP contribution is 2.23. The molecule has 1 aromatic rings. The number of rotatable bonds is 5. The first kappa shape index (κ1) is 19.8. The molecule has 1 aromatic carbocycles. The first-order valence-electron chi connectivity index (χ1n) is 7.96. The molecule has 1 aliphatic rings. The van der Waals surface area contributed by atoms with Crippen LogP contribution in [0, 0.1) is 16.0 Å². The number of benzene rings is 1. The standard InChI is InChI=1S/C15H20N4O6S/c1-26(24,25)18-8-6-11(7-9-18)10-16-14(20)15(21)17-12-4-2-3-5-13(12)19(22)23/h2-5,11H,6-10H2,1H3,(H,16,20)(H,17,21). The molecular formula is C15H20N4O6S. The van der Waals surface area contributed by atoms with E-state index in [9.17, 15) is 28.1 Å². The van der Waals surface area contributed by atoms with Gasteiger partial charge in [-0.05, 0) is 24.8 Å². The number of carbonyl (C=O) groups is 2. The predicted molar refractivity (Wildman–Crippen MR) is 93.9 cm³/mol. The van der Waals surface area contributed by atoms with Crippen molar-refractivity contribution in [2.45, 2.75) is 12.8 Å². The number of sulfonamides is 1. The number of anilines is 1. The van der Waals surface area contributed by atoms with Crippen LogP contribution in [-0.2, 0) is 19.6 Å². The third-order valence-electron chi connectivity index (χ3n) is 4.15. The van der Waals surface area contributed by atoms with Crippen molar-refractivity contribution < 1.29 is 22.9 Å². The summed E-state index contributed by atoms with van der Waals surface area (Å²) in [4.78, 5) is 34.1. The summed E-state index contributed by atoms with van der Waals surface area (Å²) < 4.78 is 24.3. The largest absolute Gasteiger partial charge is 0.348 e. The molecule has 10 nitrogen and oxygen atoms in total. The van der Waals surface area contributed by atoms with Gasteiger partial charge in [0.2, 0.25) is 10.0 Å². The molecule has 26 heavy (non-hydrogen) atoms. The molecule has 1 aliphatic heterocycles. The maximum absolute atomic E-state index is 11.9. The van der Waals surface area contributed by atoms with E-state index in [1.807, 2.05) is 0 Å². The van der Waals surface area contributed by atoms with Gasteiger partial charge < -0.3 is 10.6 Å². The summed E-state index contributed by atoms with van der Waals surface area (Å²) in [5, 5.41) is 15.6. The van der Waals surface area contributed by atoms with Crippen molar-refractivity contribution in [1.29, 1.82) is 0 Å². The monoisotopic (exact) mass is 384 g/mol. The molecule has 2 amide bonds. The topological polar surface area (TPSA) is 139 Å². The van der Waals surface area contributed by atoms with Crippen molar-refractivity contribution in [2.24, 2.45) is 5.92 Å². The number of nitro benzene ring substituents is 1. The van der Waals surface area contributed by atoms with Gasteiger partial charge in [0.05, 0.1) is 11.2 Å². The minimum absolute atomic E-state index is 0.0564. The zero-order valence-electron chi connectivity index (χ0n) is 14.2. The van der Waals surface area contributed by atoms with E-state index in [1.54, 1.807) is 0 Å². The lowest BCUT2D eigenvalue weighted by molar-refractivity contribution is -0.383. The van der Waals surface area contributed by atoms with Crippen LogP contribution in [0.15, 0.2) is 24.3 Å². The number of carbonyl (C=O) groups excluding carboxylic acids is 2. The Morgan fingerprint density at radius 2 is 1.85 bits per heavy atom. The first-order valence-corrected chi connectivity index (χ1v) is 9.81. The molecule has 0 radical (unpaired) electrons. The highest BCUT2D eigenvalue weighted by molar-refractivity contribution is 7.88. The molecule has 1 fully saturated rings. The highest BCUT2D eigenvalue weighted by atomic mass is 32.2. The summed E-state index contributed by atoms with van der Waals surface area (Å²) in [7, 11) is -3.21. The third kappa shape index (κ3) is 5.23. The fourth-order valence-electron chi connectivity index (χ4n) is 2.68. The van der Waals surface area contributed by atoms with E-state index in [-0.39, 0.29) is 23.8 Å². The van der Waals surface area contributed by atoms with E-state index in [1.165, 1.54) is 28.6 Å². The molecular weight excluding hydrogens is 364 g/mol. The maximum atomic E-state index is 11.9. The van der Waals surface area contributed by atoms with Crippen LogP contribution in [0.3, 0.4) is 0 Å². The van der Waals surface area contributed by atoms with Crippen LogP contribution in [-0.4, -0.2) is 55.4 Å². The van der Waals surface area contributed by atoms with E-state index >= 15 is 0 Å². The lowest BCUT2D eigenvalue weighted by atomic mass is 9.98. The number of nitrogens with zero attached hydrogens (tertiary/aromatic N) is 2. The Morgan fingerprint density at radius 3 is 2.42 bits per heavy atom. The second-order valence-corrected chi connectivity index (χ2v) is 8.03. The van der Waals surface area contributed by atoms with Gasteiger partial charge in [0, 0.05) is 25.7 Å². The summed E-state index contributed by atoms with van der Waals surface area (Å²) in [6, 6.07) is 5.53. The molecule has 0 aromatic heterocycles. The number of nitrogens with one attached hydrogen (secondary N) is 2. The molecule has 0 bridgehead atoms. The van der Waals surface area contributed by atoms with E-state index in [4.69, 9.17) is 0 Å².